The average molecular weight is 404 g/mol. The minimum atomic E-state index is -0.101. The Balaban J connectivity index is 1.78. The van der Waals surface area contributed by atoms with Crippen molar-refractivity contribution in [3.63, 3.8) is 0 Å². The molecule has 0 atom stereocenters. The summed E-state index contributed by atoms with van der Waals surface area (Å²) in [5.41, 5.74) is 4.53. The van der Waals surface area contributed by atoms with Gasteiger partial charge in [-0.2, -0.15) is 4.52 Å². The van der Waals surface area contributed by atoms with Crippen molar-refractivity contribution < 1.29 is 9.53 Å². The van der Waals surface area contributed by atoms with Gasteiger partial charge >= 0.3 is 6.03 Å². The Morgan fingerprint density at radius 3 is 2.60 bits per heavy atom. The van der Waals surface area contributed by atoms with E-state index in [1.54, 1.807) is 35.5 Å². The second kappa shape index (κ2) is 7.98. The molecule has 4 rings (SSSR count). The molecule has 8 nitrogen and oxygen atoms in total. The number of ether oxygens (including phenoxy) is 1. The Kier molecular flexibility index (Phi) is 5.22. The minimum absolute atomic E-state index is 0.101. The van der Waals surface area contributed by atoms with Crippen LogP contribution in [0, 0.1) is 6.92 Å². The molecule has 0 saturated heterocycles. The summed E-state index contributed by atoms with van der Waals surface area (Å²) < 4.78 is 7.20. The molecule has 0 aliphatic carbocycles. The molecule has 0 unspecified atom stereocenters. The van der Waals surface area contributed by atoms with E-state index >= 15 is 0 Å². The van der Waals surface area contributed by atoms with E-state index in [1.807, 2.05) is 43.3 Å². The Labute approximate surface area is 174 Å². The molecule has 2 aromatic carbocycles. The highest BCUT2D eigenvalue weighted by Crippen LogP contribution is 2.24. The van der Waals surface area contributed by atoms with Crippen molar-refractivity contribution in [2.75, 3.05) is 21.2 Å². The van der Waals surface area contributed by atoms with E-state index in [-0.39, 0.29) is 6.03 Å². The van der Waals surface area contributed by atoms with Crippen molar-refractivity contribution in [1.82, 2.24) is 29.8 Å². The molecule has 0 aliphatic rings. The fourth-order valence-corrected chi connectivity index (χ4v) is 3.62. The molecule has 4 aromatic rings. The largest absolute Gasteiger partial charge is 0.496 e. The van der Waals surface area contributed by atoms with Gasteiger partial charge in [-0.05, 0) is 41.6 Å². The van der Waals surface area contributed by atoms with Crippen molar-refractivity contribution in [2.45, 2.75) is 20.0 Å². The van der Waals surface area contributed by atoms with Crippen LogP contribution in [0.1, 0.15) is 16.7 Å². The summed E-state index contributed by atoms with van der Waals surface area (Å²) in [5, 5.41) is 13.3. The highest BCUT2D eigenvalue weighted by atomic mass is 16.5. The van der Waals surface area contributed by atoms with Crippen molar-refractivity contribution >= 4 is 22.6 Å². The van der Waals surface area contributed by atoms with Crippen LogP contribution < -0.4 is 4.74 Å². The number of tetrazole rings is 1. The predicted octanol–water partition coefficient (Wildman–Crippen LogP) is 3.28. The third kappa shape index (κ3) is 3.63. The molecule has 8 heteroatoms. The third-order valence-corrected chi connectivity index (χ3v) is 5.07. The number of aromatic nitrogens is 4. The Morgan fingerprint density at radius 1 is 1.07 bits per heavy atom. The van der Waals surface area contributed by atoms with Crippen LogP contribution in [0.4, 0.5) is 4.79 Å². The number of fused-ring (bicyclic) bond motifs is 3. The van der Waals surface area contributed by atoms with Gasteiger partial charge in [0.1, 0.15) is 5.75 Å². The van der Waals surface area contributed by atoms with Gasteiger partial charge in [-0.3, -0.25) is 0 Å². The molecule has 0 N–H and O–H groups in total. The molecule has 2 aromatic heterocycles. The van der Waals surface area contributed by atoms with Gasteiger partial charge in [-0.15, -0.1) is 5.10 Å². The lowest BCUT2D eigenvalue weighted by molar-refractivity contribution is 0.165. The van der Waals surface area contributed by atoms with Crippen LogP contribution in [-0.4, -0.2) is 57.1 Å². The van der Waals surface area contributed by atoms with Crippen molar-refractivity contribution in [1.29, 1.82) is 0 Å². The number of para-hydroxylation sites is 1. The number of nitrogens with zero attached hydrogens (tertiary/aromatic N) is 6. The van der Waals surface area contributed by atoms with E-state index in [4.69, 9.17) is 4.74 Å². The van der Waals surface area contributed by atoms with E-state index in [0.29, 0.717) is 18.7 Å². The Bertz CT molecular complexity index is 1220. The van der Waals surface area contributed by atoms with Crippen LogP contribution in [-0.2, 0) is 13.1 Å². The van der Waals surface area contributed by atoms with Crippen molar-refractivity contribution in [3.05, 3.63) is 65.2 Å². The number of amides is 2. The molecule has 2 amide bonds. The Hall–Kier alpha value is -3.68. The molecule has 0 fully saturated rings. The molecule has 0 saturated carbocycles. The standard InChI is InChI=1S/C22H24N6O2/c1-15-9-10-19-17(11-15)12-18(21-23-24-25-28(19)21)14-27(22(29)26(2)3)13-16-7-5-6-8-20(16)30-4/h5-12H,13-14H2,1-4H3. The molecule has 30 heavy (non-hydrogen) atoms. The average Bonchev–Trinajstić information content (AvgIpc) is 3.23. The first-order valence-electron chi connectivity index (χ1n) is 9.66. The fourth-order valence-electron chi connectivity index (χ4n) is 3.62. The number of carbonyl (C=O) groups is 1. The van der Waals surface area contributed by atoms with Gasteiger partial charge in [0.2, 0.25) is 0 Å². The van der Waals surface area contributed by atoms with Gasteiger partial charge in [0, 0.05) is 30.6 Å². The number of pyridine rings is 1. The maximum absolute atomic E-state index is 13.0. The summed E-state index contributed by atoms with van der Waals surface area (Å²) in [4.78, 5) is 16.3. The molecular formula is C22H24N6O2. The second-order valence-corrected chi connectivity index (χ2v) is 7.49. The van der Waals surface area contributed by atoms with E-state index in [0.717, 1.165) is 33.3 Å². The number of hydrogen-bond acceptors (Lipinski definition) is 5. The first kappa shape index (κ1) is 19.6. The van der Waals surface area contributed by atoms with Crippen LogP contribution >= 0.6 is 0 Å². The van der Waals surface area contributed by atoms with E-state index in [9.17, 15) is 4.79 Å². The normalized spacial score (nSPS) is 11.1. The SMILES string of the molecule is COc1ccccc1CN(Cc1cc2cc(C)ccc2n2nnnc12)C(=O)N(C)C. The number of aryl methyl sites for hydroxylation is 1. The number of methoxy groups -OCH3 is 1. The van der Waals surface area contributed by atoms with Crippen LogP contribution in [0.3, 0.4) is 0 Å². The minimum Gasteiger partial charge on any atom is -0.496 e. The maximum atomic E-state index is 13.0. The number of hydrogen-bond donors (Lipinski definition) is 0. The molecule has 0 aliphatic heterocycles. The van der Waals surface area contributed by atoms with Crippen LogP contribution in [0.15, 0.2) is 48.5 Å². The first-order chi connectivity index (χ1) is 14.5. The number of rotatable bonds is 5. The van der Waals surface area contributed by atoms with Gasteiger partial charge in [-0.25, -0.2) is 4.79 Å². The fraction of sp³-hybridized carbons (Fsp3) is 0.273. The highest BCUT2D eigenvalue weighted by molar-refractivity contribution is 5.84. The lowest BCUT2D eigenvalue weighted by Gasteiger charge is -2.27. The zero-order valence-corrected chi connectivity index (χ0v) is 17.5. The predicted molar refractivity (Wildman–Crippen MR) is 114 cm³/mol. The third-order valence-electron chi connectivity index (χ3n) is 5.07. The zero-order chi connectivity index (χ0) is 21.3. The molecular weight excluding hydrogens is 380 g/mol. The molecule has 0 spiro atoms. The summed E-state index contributed by atoms with van der Waals surface area (Å²) in [6.07, 6.45) is 0. The van der Waals surface area contributed by atoms with Crippen molar-refractivity contribution in [2.24, 2.45) is 0 Å². The van der Waals surface area contributed by atoms with E-state index < -0.39 is 0 Å². The highest BCUT2D eigenvalue weighted by Gasteiger charge is 2.21. The smallest absolute Gasteiger partial charge is 0.320 e. The summed E-state index contributed by atoms with van der Waals surface area (Å²) in [6, 6.07) is 15.8. The summed E-state index contributed by atoms with van der Waals surface area (Å²) >= 11 is 0. The molecule has 0 bridgehead atoms. The number of carbonyl (C=O) groups excluding carboxylic acids is 1. The summed E-state index contributed by atoms with van der Waals surface area (Å²) in [5.74, 6) is 0.748. The first-order valence-corrected chi connectivity index (χ1v) is 9.66. The molecule has 2 heterocycles. The topological polar surface area (TPSA) is 75.9 Å². The van der Waals surface area contributed by atoms with Crippen LogP contribution in [0.2, 0.25) is 0 Å². The summed E-state index contributed by atoms with van der Waals surface area (Å²) in [7, 11) is 5.12. The summed E-state index contributed by atoms with van der Waals surface area (Å²) in [6.45, 7) is 2.82. The number of benzene rings is 2. The molecule has 154 valence electrons. The van der Waals surface area contributed by atoms with E-state index in [1.165, 1.54) is 0 Å². The quantitative estimate of drug-likeness (QED) is 0.510. The van der Waals surface area contributed by atoms with Gasteiger partial charge in [0.25, 0.3) is 0 Å². The molecule has 0 radical (unpaired) electrons. The van der Waals surface area contributed by atoms with Crippen LogP contribution in [0.25, 0.3) is 16.6 Å². The second-order valence-electron chi connectivity index (χ2n) is 7.49. The Morgan fingerprint density at radius 2 is 1.83 bits per heavy atom. The lowest BCUT2D eigenvalue weighted by Crippen LogP contribution is -2.38. The van der Waals surface area contributed by atoms with Gasteiger partial charge in [0.15, 0.2) is 5.65 Å². The number of urea groups is 1. The van der Waals surface area contributed by atoms with Crippen LogP contribution in [0.5, 0.6) is 5.75 Å². The lowest BCUT2D eigenvalue weighted by atomic mass is 10.1. The van der Waals surface area contributed by atoms with Gasteiger partial charge in [-0.1, -0.05) is 29.8 Å². The van der Waals surface area contributed by atoms with E-state index in [2.05, 4.69) is 27.7 Å². The van der Waals surface area contributed by atoms with Gasteiger partial charge < -0.3 is 14.5 Å². The zero-order valence-electron chi connectivity index (χ0n) is 17.5. The van der Waals surface area contributed by atoms with Crippen molar-refractivity contribution in [3.8, 4) is 5.75 Å². The monoisotopic (exact) mass is 404 g/mol. The maximum Gasteiger partial charge on any atom is 0.320 e. The van der Waals surface area contributed by atoms with Gasteiger partial charge in [0.05, 0.1) is 25.7 Å².